The topological polar surface area (TPSA) is 31.7 Å². The van der Waals surface area contributed by atoms with Crippen LogP contribution in [0.1, 0.15) is 24.7 Å². The van der Waals surface area contributed by atoms with E-state index in [2.05, 4.69) is 49.2 Å². The zero-order valence-electron chi connectivity index (χ0n) is 12.2. The van der Waals surface area contributed by atoms with E-state index in [1.54, 1.807) is 6.26 Å². The molecule has 0 saturated carbocycles. The van der Waals surface area contributed by atoms with Crippen LogP contribution in [0.25, 0.3) is 0 Å². The summed E-state index contributed by atoms with van der Waals surface area (Å²) < 4.78 is 5.54. The van der Waals surface area contributed by atoms with E-state index in [0.717, 1.165) is 44.9 Å². The largest absolute Gasteiger partial charge is 0.468 e. The second kappa shape index (κ2) is 8.29. The Morgan fingerprint density at radius 2 is 2.00 bits per heavy atom. The van der Waals surface area contributed by atoms with Crippen LogP contribution in [-0.4, -0.2) is 50.6 Å². The van der Waals surface area contributed by atoms with Gasteiger partial charge in [0.25, 0.3) is 0 Å². The Morgan fingerprint density at radius 3 is 2.67 bits per heavy atom. The molecule has 1 N–H and O–H groups in total. The normalized spacial score (nSPS) is 11.7. The highest BCUT2D eigenvalue weighted by molar-refractivity contribution is 5.16. The fourth-order valence-electron chi connectivity index (χ4n) is 1.78. The molecule has 1 heterocycles. The minimum Gasteiger partial charge on any atom is -0.468 e. The highest BCUT2D eigenvalue weighted by Crippen LogP contribution is 2.12. The molecule has 104 valence electrons. The highest BCUT2D eigenvalue weighted by atomic mass is 16.3. The molecule has 0 amide bonds. The summed E-state index contributed by atoms with van der Waals surface area (Å²) in [7, 11) is 6.36. The molecule has 4 nitrogen and oxygen atoms in total. The van der Waals surface area contributed by atoms with Gasteiger partial charge < -0.3 is 19.5 Å². The first kappa shape index (κ1) is 15.2. The Balaban J connectivity index is 2.38. The van der Waals surface area contributed by atoms with Crippen molar-refractivity contribution in [3.05, 3.63) is 23.7 Å². The predicted octanol–water partition coefficient (Wildman–Crippen LogP) is 1.77. The smallest absolute Gasteiger partial charge is 0.122 e. The Hall–Kier alpha value is -0.840. The third-order valence-corrected chi connectivity index (χ3v) is 2.92. The van der Waals surface area contributed by atoms with E-state index >= 15 is 0 Å². The molecule has 18 heavy (non-hydrogen) atoms. The summed E-state index contributed by atoms with van der Waals surface area (Å²) in [5.74, 6) is 1.07. The van der Waals surface area contributed by atoms with Crippen molar-refractivity contribution in [3.8, 4) is 0 Å². The number of rotatable bonds is 9. The maximum absolute atomic E-state index is 5.54. The van der Waals surface area contributed by atoms with Gasteiger partial charge in [0.05, 0.1) is 12.8 Å². The van der Waals surface area contributed by atoms with Crippen LogP contribution < -0.4 is 5.32 Å². The molecular formula is C14H27N3O. The van der Waals surface area contributed by atoms with Crippen LogP contribution in [0.2, 0.25) is 0 Å². The van der Waals surface area contributed by atoms with Gasteiger partial charge in [-0.3, -0.25) is 0 Å². The summed E-state index contributed by atoms with van der Waals surface area (Å²) in [5, 5.41) is 3.38. The third-order valence-electron chi connectivity index (χ3n) is 2.92. The average Bonchev–Trinajstić information content (AvgIpc) is 2.74. The molecule has 0 aliphatic carbocycles. The molecule has 0 aliphatic rings. The van der Waals surface area contributed by atoms with Gasteiger partial charge in [0.1, 0.15) is 5.76 Å². The zero-order chi connectivity index (χ0) is 13.4. The minimum atomic E-state index is 0.831. The van der Waals surface area contributed by atoms with Gasteiger partial charge in [-0.2, -0.15) is 0 Å². The molecule has 1 aromatic rings. The monoisotopic (exact) mass is 253 g/mol. The molecule has 0 fully saturated rings. The van der Waals surface area contributed by atoms with Gasteiger partial charge >= 0.3 is 0 Å². The fraction of sp³-hybridized carbons (Fsp3) is 0.714. The molecule has 1 rings (SSSR count). The summed E-state index contributed by atoms with van der Waals surface area (Å²) in [5.41, 5.74) is 1.29. The first-order chi connectivity index (χ1) is 8.63. The fourth-order valence-corrected chi connectivity index (χ4v) is 1.78. The van der Waals surface area contributed by atoms with Crippen LogP contribution >= 0.6 is 0 Å². The molecule has 1 aromatic heterocycles. The van der Waals surface area contributed by atoms with Crippen LogP contribution in [0, 0.1) is 0 Å². The predicted molar refractivity (Wildman–Crippen MR) is 75.6 cm³/mol. The van der Waals surface area contributed by atoms with E-state index in [0.29, 0.717) is 0 Å². The lowest BCUT2D eigenvalue weighted by Gasteiger charge is -2.19. The Labute approximate surface area is 111 Å². The van der Waals surface area contributed by atoms with E-state index in [-0.39, 0.29) is 0 Å². The van der Waals surface area contributed by atoms with Gasteiger partial charge in [0.15, 0.2) is 0 Å². The molecule has 0 spiro atoms. The molecule has 0 radical (unpaired) electrons. The lowest BCUT2D eigenvalue weighted by atomic mass is 10.2. The first-order valence-corrected chi connectivity index (χ1v) is 6.72. The van der Waals surface area contributed by atoms with E-state index in [1.165, 1.54) is 5.56 Å². The van der Waals surface area contributed by atoms with E-state index < -0.39 is 0 Å². The van der Waals surface area contributed by atoms with E-state index in [9.17, 15) is 0 Å². The van der Waals surface area contributed by atoms with Gasteiger partial charge in [-0.1, -0.05) is 6.92 Å². The zero-order valence-corrected chi connectivity index (χ0v) is 12.2. The van der Waals surface area contributed by atoms with Crippen molar-refractivity contribution in [2.45, 2.75) is 26.4 Å². The minimum absolute atomic E-state index is 0.831. The van der Waals surface area contributed by atoms with Crippen molar-refractivity contribution in [1.82, 2.24) is 15.1 Å². The SMILES string of the molecule is CCCNCc1occc1CN(C)CCN(C)C. The lowest BCUT2D eigenvalue weighted by Crippen LogP contribution is -2.28. The second-order valence-corrected chi connectivity index (χ2v) is 5.09. The van der Waals surface area contributed by atoms with Gasteiger partial charge in [-0.15, -0.1) is 0 Å². The van der Waals surface area contributed by atoms with Crippen molar-refractivity contribution >= 4 is 0 Å². The Kier molecular flexibility index (Phi) is 7.01. The number of likely N-dealkylation sites (N-methyl/N-ethyl adjacent to an activating group) is 2. The van der Waals surface area contributed by atoms with Crippen molar-refractivity contribution < 1.29 is 4.42 Å². The van der Waals surface area contributed by atoms with Crippen molar-refractivity contribution in [1.29, 1.82) is 0 Å². The van der Waals surface area contributed by atoms with Crippen molar-refractivity contribution in [3.63, 3.8) is 0 Å². The quantitative estimate of drug-likeness (QED) is 0.680. The Bertz CT molecular complexity index is 323. The maximum atomic E-state index is 5.54. The first-order valence-electron chi connectivity index (χ1n) is 6.72. The van der Waals surface area contributed by atoms with Crippen LogP contribution in [0.15, 0.2) is 16.7 Å². The number of hydrogen-bond donors (Lipinski definition) is 1. The summed E-state index contributed by atoms with van der Waals surface area (Å²) in [4.78, 5) is 4.53. The van der Waals surface area contributed by atoms with E-state index in [1.807, 2.05) is 0 Å². The highest BCUT2D eigenvalue weighted by Gasteiger charge is 2.08. The molecule has 0 saturated heterocycles. The molecule has 0 unspecified atom stereocenters. The van der Waals surface area contributed by atoms with E-state index in [4.69, 9.17) is 4.42 Å². The van der Waals surface area contributed by atoms with Crippen molar-refractivity contribution in [2.75, 3.05) is 40.8 Å². The molecule has 0 atom stereocenters. The Morgan fingerprint density at radius 1 is 1.22 bits per heavy atom. The van der Waals surface area contributed by atoms with Crippen LogP contribution in [-0.2, 0) is 13.1 Å². The number of furan rings is 1. The summed E-state index contributed by atoms with van der Waals surface area (Å²) in [6.07, 6.45) is 2.94. The summed E-state index contributed by atoms with van der Waals surface area (Å²) in [6.45, 7) is 7.14. The standard InChI is InChI=1S/C14H27N3O/c1-5-7-15-11-14-13(6-10-18-14)12-17(4)9-8-16(2)3/h6,10,15H,5,7-9,11-12H2,1-4H3. The second-order valence-electron chi connectivity index (χ2n) is 5.09. The molecular weight excluding hydrogens is 226 g/mol. The summed E-state index contributed by atoms with van der Waals surface area (Å²) in [6, 6.07) is 2.08. The maximum Gasteiger partial charge on any atom is 0.122 e. The number of nitrogens with zero attached hydrogens (tertiary/aromatic N) is 2. The number of hydrogen-bond acceptors (Lipinski definition) is 4. The average molecular weight is 253 g/mol. The molecule has 4 heteroatoms. The van der Waals surface area contributed by atoms with Gasteiger partial charge in [-0.25, -0.2) is 0 Å². The van der Waals surface area contributed by atoms with Gasteiger partial charge in [-0.05, 0) is 40.2 Å². The van der Waals surface area contributed by atoms with Crippen LogP contribution in [0.5, 0.6) is 0 Å². The molecule has 0 bridgehead atoms. The van der Waals surface area contributed by atoms with Crippen LogP contribution in [0.3, 0.4) is 0 Å². The summed E-state index contributed by atoms with van der Waals surface area (Å²) >= 11 is 0. The molecule has 0 aromatic carbocycles. The lowest BCUT2D eigenvalue weighted by molar-refractivity contribution is 0.274. The third kappa shape index (κ3) is 5.67. The van der Waals surface area contributed by atoms with Crippen LogP contribution in [0.4, 0.5) is 0 Å². The molecule has 0 aliphatic heterocycles. The van der Waals surface area contributed by atoms with Gasteiger partial charge in [0, 0.05) is 25.2 Å². The van der Waals surface area contributed by atoms with Gasteiger partial charge in [0.2, 0.25) is 0 Å². The van der Waals surface area contributed by atoms with Crippen molar-refractivity contribution in [2.24, 2.45) is 0 Å². The number of nitrogens with one attached hydrogen (secondary N) is 1.